The van der Waals surface area contributed by atoms with E-state index < -0.39 is 10.0 Å². The summed E-state index contributed by atoms with van der Waals surface area (Å²) in [5.74, 6) is -0.272. The van der Waals surface area contributed by atoms with Crippen LogP contribution >= 0.6 is 11.6 Å². The van der Waals surface area contributed by atoms with Crippen molar-refractivity contribution in [2.24, 2.45) is 0 Å². The second kappa shape index (κ2) is 9.06. The molecule has 0 saturated carbocycles. The summed E-state index contributed by atoms with van der Waals surface area (Å²) in [4.78, 5) is 25.9. The first-order chi connectivity index (χ1) is 14.2. The molecule has 160 valence electrons. The topological polar surface area (TPSA) is 86.8 Å². The van der Waals surface area contributed by atoms with Gasteiger partial charge in [-0.1, -0.05) is 29.3 Å². The minimum absolute atomic E-state index is 0.101. The lowest BCUT2D eigenvalue weighted by Gasteiger charge is -2.20. The van der Waals surface area contributed by atoms with Gasteiger partial charge in [0.2, 0.25) is 5.91 Å². The van der Waals surface area contributed by atoms with Crippen LogP contribution in [0.15, 0.2) is 47.4 Å². The van der Waals surface area contributed by atoms with Gasteiger partial charge in [-0.2, -0.15) is 0 Å². The molecule has 1 N–H and O–H groups in total. The van der Waals surface area contributed by atoms with Crippen molar-refractivity contribution in [3.8, 4) is 0 Å². The first-order valence-corrected chi connectivity index (χ1v) is 11.4. The summed E-state index contributed by atoms with van der Waals surface area (Å²) in [6.07, 6.45) is 1.40. The molecule has 0 aromatic heterocycles. The van der Waals surface area contributed by atoms with Gasteiger partial charge in [-0.3, -0.25) is 13.9 Å². The van der Waals surface area contributed by atoms with Crippen LogP contribution in [0.3, 0.4) is 0 Å². The summed E-state index contributed by atoms with van der Waals surface area (Å²) in [7, 11) is -2.31. The highest BCUT2D eigenvalue weighted by Gasteiger charge is 2.23. The highest BCUT2D eigenvalue weighted by molar-refractivity contribution is 7.92. The van der Waals surface area contributed by atoms with E-state index in [0.29, 0.717) is 31.7 Å². The third-order valence-corrected chi connectivity index (χ3v) is 7.19. The second-order valence-electron chi connectivity index (χ2n) is 7.19. The lowest BCUT2D eigenvalue weighted by molar-refractivity contribution is -0.127. The van der Waals surface area contributed by atoms with E-state index >= 15 is 0 Å². The van der Waals surface area contributed by atoms with Crippen LogP contribution in [0.5, 0.6) is 0 Å². The van der Waals surface area contributed by atoms with Gasteiger partial charge in [0.1, 0.15) is 0 Å². The molecule has 0 unspecified atom stereocenters. The summed E-state index contributed by atoms with van der Waals surface area (Å²) < 4.78 is 26.8. The number of amides is 2. The summed E-state index contributed by atoms with van der Waals surface area (Å²) >= 11 is 6.27. The average Bonchev–Trinajstić information content (AvgIpc) is 3.12. The Morgan fingerprint density at radius 2 is 1.90 bits per heavy atom. The molecule has 1 fully saturated rings. The van der Waals surface area contributed by atoms with E-state index in [2.05, 4.69) is 5.32 Å². The molecule has 1 saturated heterocycles. The average molecular weight is 450 g/mol. The number of hydrogen-bond acceptors (Lipinski definition) is 4. The van der Waals surface area contributed by atoms with Crippen molar-refractivity contribution in [3.05, 3.63) is 58.6 Å². The molecule has 1 heterocycles. The van der Waals surface area contributed by atoms with Crippen molar-refractivity contribution in [2.75, 3.05) is 31.0 Å². The fraction of sp³-hybridized carbons (Fsp3) is 0.333. The Morgan fingerprint density at radius 1 is 1.20 bits per heavy atom. The molecule has 30 heavy (non-hydrogen) atoms. The van der Waals surface area contributed by atoms with Crippen LogP contribution in [0, 0.1) is 6.92 Å². The molecule has 0 aliphatic carbocycles. The zero-order valence-electron chi connectivity index (χ0n) is 16.9. The SMILES string of the molecule is Cc1ccc(S(=O)(=O)N(C)c2ccc(C(=O)NCCN3CCCC3=O)c(Cl)c2)cc1. The number of likely N-dealkylation sites (tertiary alicyclic amines) is 1. The minimum Gasteiger partial charge on any atom is -0.350 e. The Hall–Kier alpha value is -2.58. The summed E-state index contributed by atoms with van der Waals surface area (Å²) in [5.41, 5.74) is 1.55. The van der Waals surface area contributed by atoms with Crippen LogP contribution in [0.2, 0.25) is 5.02 Å². The number of carbonyl (C=O) groups is 2. The lowest BCUT2D eigenvalue weighted by atomic mass is 10.2. The number of sulfonamides is 1. The molecule has 2 aromatic rings. The van der Waals surface area contributed by atoms with Gasteiger partial charge in [-0.05, 0) is 43.7 Å². The summed E-state index contributed by atoms with van der Waals surface area (Å²) in [6, 6.07) is 11.1. The molecule has 2 aromatic carbocycles. The van der Waals surface area contributed by atoms with Gasteiger partial charge in [0.25, 0.3) is 15.9 Å². The molecule has 0 atom stereocenters. The third-order valence-electron chi connectivity index (χ3n) is 5.08. The summed E-state index contributed by atoms with van der Waals surface area (Å²) in [5, 5.41) is 2.89. The number of halogens is 1. The van der Waals surface area contributed by atoms with Crippen LogP contribution in [0.25, 0.3) is 0 Å². The van der Waals surface area contributed by atoms with Gasteiger partial charge in [-0.25, -0.2) is 8.42 Å². The first-order valence-electron chi connectivity index (χ1n) is 9.61. The Labute approximate surface area is 181 Å². The Kier molecular flexibility index (Phi) is 6.67. The van der Waals surface area contributed by atoms with E-state index in [-0.39, 0.29) is 27.3 Å². The minimum atomic E-state index is -3.75. The van der Waals surface area contributed by atoms with Gasteiger partial charge in [-0.15, -0.1) is 0 Å². The standard InChI is InChI=1S/C21H24ClN3O4S/c1-15-5-8-17(9-6-15)30(28,29)24(2)16-7-10-18(19(22)14-16)21(27)23-11-13-25-12-3-4-20(25)26/h5-10,14H,3-4,11-13H2,1-2H3,(H,23,27). The normalized spacial score (nSPS) is 14.1. The van der Waals surface area contributed by atoms with Crippen LogP contribution < -0.4 is 9.62 Å². The van der Waals surface area contributed by atoms with Crippen molar-refractivity contribution >= 4 is 39.1 Å². The Bertz CT molecular complexity index is 1050. The van der Waals surface area contributed by atoms with Gasteiger partial charge in [0.05, 0.1) is 21.2 Å². The van der Waals surface area contributed by atoms with Crippen LogP contribution in [-0.2, 0) is 14.8 Å². The Morgan fingerprint density at radius 3 is 2.50 bits per heavy atom. The fourth-order valence-electron chi connectivity index (χ4n) is 3.23. The second-order valence-corrected chi connectivity index (χ2v) is 9.57. The number of carbonyl (C=O) groups excluding carboxylic acids is 2. The maximum atomic E-state index is 12.8. The number of rotatable bonds is 7. The van der Waals surface area contributed by atoms with Crippen LogP contribution in [0.1, 0.15) is 28.8 Å². The van der Waals surface area contributed by atoms with Crippen molar-refractivity contribution in [1.29, 1.82) is 0 Å². The predicted molar refractivity (Wildman–Crippen MR) is 116 cm³/mol. The summed E-state index contributed by atoms with van der Waals surface area (Å²) in [6.45, 7) is 3.38. The van der Waals surface area contributed by atoms with E-state index in [9.17, 15) is 18.0 Å². The fourth-order valence-corrected chi connectivity index (χ4v) is 4.68. The maximum absolute atomic E-state index is 12.8. The van der Waals surface area contributed by atoms with Gasteiger partial charge in [0.15, 0.2) is 0 Å². The van der Waals surface area contributed by atoms with E-state index in [1.807, 2.05) is 6.92 Å². The number of hydrogen-bond donors (Lipinski definition) is 1. The van der Waals surface area contributed by atoms with Crippen molar-refractivity contribution in [2.45, 2.75) is 24.7 Å². The number of anilines is 1. The van der Waals surface area contributed by atoms with E-state index in [0.717, 1.165) is 16.3 Å². The molecule has 1 aliphatic rings. The molecular formula is C21H24ClN3O4S. The third kappa shape index (κ3) is 4.76. The molecule has 2 amide bonds. The number of benzene rings is 2. The molecule has 0 bridgehead atoms. The van der Waals surface area contributed by atoms with E-state index in [1.165, 1.54) is 25.2 Å². The Balaban J connectivity index is 1.68. The zero-order chi connectivity index (χ0) is 21.9. The van der Waals surface area contributed by atoms with E-state index in [4.69, 9.17) is 11.6 Å². The molecule has 0 radical (unpaired) electrons. The molecule has 0 spiro atoms. The molecule has 3 rings (SSSR count). The van der Waals surface area contributed by atoms with Gasteiger partial charge in [0, 0.05) is 33.1 Å². The van der Waals surface area contributed by atoms with E-state index in [1.54, 1.807) is 29.2 Å². The van der Waals surface area contributed by atoms with Crippen LogP contribution in [-0.4, -0.2) is 51.8 Å². The van der Waals surface area contributed by atoms with Crippen molar-refractivity contribution < 1.29 is 18.0 Å². The molecule has 1 aliphatic heterocycles. The number of nitrogens with zero attached hydrogens (tertiary/aromatic N) is 2. The monoisotopic (exact) mass is 449 g/mol. The zero-order valence-corrected chi connectivity index (χ0v) is 18.5. The molecule has 9 heteroatoms. The molecule has 7 nitrogen and oxygen atoms in total. The predicted octanol–water partition coefficient (Wildman–Crippen LogP) is 2.83. The first kappa shape index (κ1) is 22.1. The van der Waals surface area contributed by atoms with Gasteiger partial charge >= 0.3 is 0 Å². The van der Waals surface area contributed by atoms with Crippen LogP contribution in [0.4, 0.5) is 5.69 Å². The van der Waals surface area contributed by atoms with Gasteiger partial charge < -0.3 is 10.2 Å². The smallest absolute Gasteiger partial charge is 0.264 e. The number of aryl methyl sites for hydroxylation is 1. The quantitative estimate of drug-likeness (QED) is 0.704. The highest BCUT2D eigenvalue weighted by atomic mass is 35.5. The van der Waals surface area contributed by atoms with Crippen molar-refractivity contribution in [3.63, 3.8) is 0 Å². The molecular weight excluding hydrogens is 426 g/mol. The maximum Gasteiger partial charge on any atom is 0.264 e. The van der Waals surface area contributed by atoms with Crippen molar-refractivity contribution in [1.82, 2.24) is 10.2 Å². The largest absolute Gasteiger partial charge is 0.350 e. The lowest BCUT2D eigenvalue weighted by Crippen LogP contribution is -2.35. The number of nitrogens with one attached hydrogen (secondary N) is 1. The highest BCUT2D eigenvalue weighted by Crippen LogP contribution is 2.27.